The maximum atomic E-state index is 12.4. The van der Waals surface area contributed by atoms with Crippen LogP contribution >= 0.6 is 15.6 Å². The molecule has 2 fully saturated rings. The van der Waals surface area contributed by atoms with Gasteiger partial charge in [0.2, 0.25) is 5.91 Å². The molecule has 1 aromatic heterocycles. The van der Waals surface area contributed by atoms with Gasteiger partial charge in [-0.1, -0.05) is 0 Å². The highest BCUT2D eigenvalue weighted by Crippen LogP contribution is 2.61. The van der Waals surface area contributed by atoms with Crippen LogP contribution in [-0.4, -0.2) is 102 Å². The van der Waals surface area contributed by atoms with Crippen molar-refractivity contribution in [2.24, 2.45) is 0 Å². The van der Waals surface area contributed by atoms with E-state index in [1.807, 2.05) is 4.98 Å². The van der Waals surface area contributed by atoms with E-state index in [-0.39, 0.29) is 6.42 Å². The Hall–Kier alpha value is -1.83. The van der Waals surface area contributed by atoms with Crippen molar-refractivity contribution in [3.05, 3.63) is 33.1 Å². The number of aliphatic hydroxyl groups is 4. The summed E-state index contributed by atoms with van der Waals surface area (Å²) in [6.45, 7) is -0.623. The number of amides is 1. The lowest BCUT2D eigenvalue weighted by atomic mass is 10.0. The first-order chi connectivity index (χ1) is 17.6. The van der Waals surface area contributed by atoms with Crippen molar-refractivity contribution in [1.82, 2.24) is 14.9 Å². The summed E-state index contributed by atoms with van der Waals surface area (Å²) in [7, 11) is -10.9. The SMILES string of the molecule is CC(=O)NC1CC(O)C(CO)OC1OP(=O)(O)OP(=O)(O)OCC1OC(n2ccc(=O)[nH]c2=O)C(O)C1O. The molecule has 2 aliphatic heterocycles. The first-order valence-electron chi connectivity index (χ1n) is 10.9. The van der Waals surface area contributed by atoms with Gasteiger partial charge in [0, 0.05) is 25.6 Å². The molecule has 0 spiro atoms. The summed E-state index contributed by atoms with van der Waals surface area (Å²) in [5, 5.41) is 41.9. The number of aromatic amines is 1. The van der Waals surface area contributed by atoms with E-state index in [4.69, 9.17) is 14.0 Å². The zero-order valence-electron chi connectivity index (χ0n) is 19.5. The fourth-order valence-electron chi connectivity index (χ4n) is 3.73. The molecule has 1 aromatic rings. The van der Waals surface area contributed by atoms with Crippen LogP contribution in [0.2, 0.25) is 0 Å². The standard InChI is InChI=1S/C17H27N3O16P2/c1-7(22)18-8-4-9(23)10(5-21)34-16(8)35-38(30,31)36-37(28,29)32-6-11-13(25)14(26)15(33-11)20-3-2-12(24)19-17(20)27/h2-3,8-11,13-16,21,23,25-26H,4-6H2,1H3,(H,18,22)(H,28,29)(H,30,31)(H,19,24,27). The summed E-state index contributed by atoms with van der Waals surface area (Å²) < 4.78 is 49.4. The van der Waals surface area contributed by atoms with Crippen LogP contribution in [0.4, 0.5) is 0 Å². The monoisotopic (exact) mass is 591 g/mol. The molecule has 0 radical (unpaired) electrons. The molecule has 3 heterocycles. The van der Waals surface area contributed by atoms with Crippen LogP contribution in [0.5, 0.6) is 0 Å². The second kappa shape index (κ2) is 12.1. The third-order valence-corrected chi connectivity index (χ3v) is 8.04. The number of nitrogens with zero attached hydrogens (tertiary/aromatic N) is 1. The molecule has 10 unspecified atom stereocenters. The molecule has 38 heavy (non-hydrogen) atoms. The number of phosphoric acid groups is 2. The predicted molar refractivity (Wildman–Crippen MR) is 119 cm³/mol. The number of rotatable bonds is 10. The number of aromatic nitrogens is 2. The molecule has 8 N–H and O–H groups in total. The number of nitrogens with one attached hydrogen (secondary N) is 2. The normalized spacial score (nSPS) is 34.8. The fourth-order valence-corrected chi connectivity index (χ4v) is 5.91. The Balaban J connectivity index is 1.63. The lowest BCUT2D eigenvalue weighted by Gasteiger charge is -2.38. The topological polar surface area (TPSA) is 286 Å². The highest BCUT2D eigenvalue weighted by molar-refractivity contribution is 7.61. The van der Waals surface area contributed by atoms with Gasteiger partial charge in [0.1, 0.15) is 24.4 Å². The molecule has 21 heteroatoms. The molecule has 2 saturated heterocycles. The summed E-state index contributed by atoms with van der Waals surface area (Å²) in [5.41, 5.74) is -1.72. The van der Waals surface area contributed by atoms with Gasteiger partial charge in [-0.05, 0) is 0 Å². The van der Waals surface area contributed by atoms with Crippen LogP contribution in [0.25, 0.3) is 0 Å². The van der Waals surface area contributed by atoms with Crippen molar-refractivity contribution in [2.75, 3.05) is 13.2 Å². The van der Waals surface area contributed by atoms with Crippen LogP contribution in [-0.2, 0) is 36.8 Å². The number of hydrogen-bond donors (Lipinski definition) is 8. The Morgan fingerprint density at radius 1 is 1.16 bits per heavy atom. The quantitative estimate of drug-likeness (QED) is 0.122. The third-order valence-electron chi connectivity index (χ3n) is 5.44. The van der Waals surface area contributed by atoms with Gasteiger partial charge in [-0.3, -0.25) is 28.2 Å². The van der Waals surface area contributed by atoms with E-state index in [0.29, 0.717) is 0 Å². The summed E-state index contributed by atoms with van der Waals surface area (Å²) in [6, 6.07) is -0.275. The van der Waals surface area contributed by atoms with Crippen molar-refractivity contribution in [1.29, 1.82) is 0 Å². The molecule has 10 atom stereocenters. The summed E-state index contributed by atoms with van der Waals surface area (Å²) in [4.78, 5) is 56.4. The summed E-state index contributed by atoms with van der Waals surface area (Å²) in [6.07, 6.45) is -10.3. The van der Waals surface area contributed by atoms with Crippen molar-refractivity contribution >= 4 is 21.6 Å². The number of aliphatic hydroxyl groups excluding tert-OH is 4. The molecule has 0 bridgehead atoms. The van der Waals surface area contributed by atoms with Gasteiger partial charge in [-0.25, -0.2) is 13.9 Å². The van der Waals surface area contributed by atoms with Gasteiger partial charge in [0.25, 0.3) is 5.56 Å². The number of H-pyrrole nitrogens is 1. The van der Waals surface area contributed by atoms with Crippen LogP contribution in [0.3, 0.4) is 0 Å². The maximum Gasteiger partial charge on any atom is 0.483 e. The smallest absolute Gasteiger partial charge is 0.394 e. The Labute approximate surface area is 212 Å². The molecule has 19 nitrogen and oxygen atoms in total. The number of ether oxygens (including phenoxy) is 2. The lowest BCUT2D eigenvalue weighted by molar-refractivity contribution is -0.214. The third kappa shape index (κ3) is 7.64. The Bertz CT molecular complexity index is 1210. The highest BCUT2D eigenvalue weighted by Gasteiger charge is 2.47. The van der Waals surface area contributed by atoms with Crippen LogP contribution in [0.1, 0.15) is 19.6 Å². The Morgan fingerprint density at radius 2 is 1.84 bits per heavy atom. The van der Waals surface area contributed by atoms with Crippen molar-refractivity contribution in [2.45, 2.75) is 62.4 Å². The van der Waals surface area contributed by atoms with Gasteiger partial charge in [0.15, 0.2) is 12.5 Å². The molecule has 216 valence electrons. The summed E-state index contributed by atoms with van der Waals surface area (Å²) in [5.74, 6) is -0.633. The minimum atomic E-state index is -5.49. The molecule has 3 rings (SSSR count). The minimum Gasteiger partial charge on any atom is -0.394 e. The first kappa shape index (κ1) is 30.7. The second-order valence-corrected chi connectivity index (χ2v) is 11.3. The molecular formula is C17H27N3O16P2. The van der Waals surface area contributed by atoms with Gasteiger partial charge in [-0.2, -0.15) is 4.31 Å². The average Bonchev–Trinajstić information content (AvgIpc) is 3.07. The molecule has 0 aromatic carbocycles. The highest BCUT2D eigenvalue weighted by atomic mass is 31.3. The predicted octanol–water partition coefficient (Wildman–Crippen LogP) is -3.62. The van der Waals surface area contributed by atoms with Gasteiger partial charge >= 0.3 is 21.3 Å². The van der Waals surface area contributed by atoms with E-state index in [1.165, 1.54) is 0 Å². The average molecular weight is 591 g/mol. The van der Waals surface area contributed by atoms with E-state index in [9.17, 15) is 53.7 Å². The van der Waals surface area contributed by atoms with Crippen molar-refractivity contribution in [3.63, 3.8) is 0 Å². The Kier molecular flexibility index (Phi) is 9.81. The first-order valence-corrected chi connectivity index (χ1v) is 13.9. The number of carbonyl (C=O) groups is 1. The van der Waals surface area contributed by atoms with Crippen LogP contribution in [0.15, 0.2) is 21.9 Å². The second-order valence-electron chi connectivity index (χ2n) is 8.32. The lowest BCUT2D eigenvalue weighted by Crippen LogP contribution is -2.55. The summed E-state index contributed by atoms with van der Waals surface area (Å²) >= 11 is 0. The van der Waals surface area contributed by atoms with Crippen molar-refractivity contribution in [3.8, 4) is 0 Å². The van der Waals surface area contributed by atoms with Gasteiger partial charge in [-0.15, -0.1) is 0 Å². The number of phosphoric ester groups is 2. The molecule has 1 amide bonds. The zero-order valence-corrected chi connectivity index (χ0v) is 21.3. The van der Waals surface area contributed by atoms with E-state index in [2.05, 4.69) is 14.2 Å². The molecule has 0 aliphatic carbocycles. The van der Waals surface area contributed by atoms with E-state index in [1.54, 1.807) is 0 Å². The number of hydrogen-bond acceptors (Lipinski definition) is 14. The van der Waals surface area contributed by atoms with E-state index < -0.39 is 95.1 Å². The van der Waals surface area contributed by atoms with Crippen LogP contribution < -0.4 is 16.6 Å². The molecule has 0 saturated carbocycles. The molecule has 2 aliphatic rings. The van der Waals surface area contributed by atoms with E-state index >= 15 is 0 Å². The molecular weight excluding hydrogens is 564 g/mol. The van der Waals surface area contributed by atoms with Gasteiger partial charge in [0.05, 0.1) is 25.4 Å². The maximum absolute atomic E-state index is 12.4. The zero-order chi connectivity index (χ0) is 28.4. The minimum absolute atomic E-state index is 0.276. The van der Waals surface area contributed by atoms with E-state index in [0.717, 1.165) is 23.8 Å². The fraction of sp³-hybridized carbons (Fsp3) is 0.706. The van der Waals surface area contributed by atoms with Gasteiger partial charge < -0.3 is 45.0 Å². The Morgan fingerprint density at radius 3 is 2.45 bits per heavy atom. The van der Waals surface area contributed by atoms with Crippen LogP contribution in [0, 0.1) is 0 Å². The van der Waals surface area contributed by atoms with Crippen molar-refractivity contribution < 1.29 is 67.0 Å². The number of carbonyl (C=O) groups excluding carboxylic acids is 1. The largest absolute Gasteiger partial charge is 0.483 e.